The maximum Gasteiger partial charge on any atom is 0.261 e. The highest BCUT2D eigenvalue weighted by molar-refractivity contribution is 7.85. The summed E-state index contributed by atoms with van der Waals surface area (Å²) in [6, 6.07) is 0. The zero-order valence-corrected chi connectivity index (χ0v) is 8.00. The van der Waals surface area contributed by atoms with Crippen LogP contribution in [0.5, 0.6) is 0 Å². The van der Waals surface area contributed by atoms with Gasteiger partial charge in [-0.15, -0.1) is 0 Å². The highest BCUT2D eigenvalue weighted by Crippen LogP contribution is 1.85. The minimum absolute atomic E-state index is 0.245. The summed E-state index contributed by atoms with van der Waals surface area (Å²) in [6.45, 7) is 2.01. The lowest BCUT2D eigenvalue weighted by Gasteiger charge is -2.04. The van der Waals surface area contributed by atoms with E-state index in [-0.39, 0.29) is 6.17 Å². The lowest BCUT2D eigenvalue weighted by molar-refractivity contribution is 0.124. The Morgan fingerprint density at radius 2 is 1.92 bits per heavy atom. The topological polar surface area (TPSA) is 113 Å². The van der Waals surface area contributed by atoms with Crippen LogP contribution in [-0.2, 0) is 10.1 Å². The summed E-state index contributed by atoms with van der Waals surface area (Å²) in [4.78, 5) is 0. The molecule has 0 amide bonds. The predicted molar refractivity (Wildman–Crippen MR) is 45.3 cm³/mol. The molecular weight excluding hydrogens is 184 g/mol. The minimum atomic E-state index is -3.67. The number of hydroxylamine groups is 1. The maximum atomic E-state index is 9.19. The molecule has 0 heterocycles. The van der Waals surface area contributed by atoms with Gasteiger partial charge in [0.15, 0.2) is 0 Å². The first kappa shape index (κ1) is 14.3. The summed E-state index contributed by atoms with van der Waals surface area (Å²) in [5, 5.41) is 8.09. The monoisotopic (exact) mass is 200 g/mol. The van der Waals surface area contributed by atoms with Gasteiger partial charge in [0.05, 0.1) is 12.4 Å². The Morgan fingerprint density at radius 1 is 1.58 bits per heavy atom. The van der Waals surface area contributed by atoms with Crippen molar-refractivity contribution in [3.8, 4) is 0 Å². The van der Waals surface area contributed by atoms with Crippen LogP contribution in [0.2, 0.25) is 0 Å². The Hall–Kier alpha value is -0.210. The van der Waals surface area contributed by atoms with E-state index in [4.69, 9.17) is 15.5 Å². The maximum absolute atomic E-state index is 9.19. The normalized spacial score (nSPS) is 13.1. The van der Waals surface area contributed by atoms with Gasteiger partial charge in [-0.1, -0.05) is 13.3 Å². The molecule has 12 heavy (non-hydrogen) atoms. The molecule has 0 fully saturated rings. The van der Waals surface area contributed by atoms with Gasteiger partial charge in [-0.25, -0.2) is 0 Å². The van der Waals surface area contributed by atoms with Crippen LogP contribution in [0.3, 0.4) is 0 Å². The van der Waals surface area contributed by atoms with Crippen molar-refractivity contribution in [2.24, 2.45) is 5.73 Å². The summed E-state index contributed by atoms with van der Waals surface area (Å²) >= 11 is 0. The van der Waals surface area contributed by atoms with Gasteiger partial charge in [0.25, 0.3) is 10.1 Å². The fourth-order valence-corrected chi connectivity index (χ4v) is 0.376. The van der Waals surface area contributed by atoms with E-state index in [9.17, 15) is 8.42 Å². The first-order chi connectivity index (χ1) is 5.31. The standard InChI is InChI=1S/C4H12N2O.CH4O3S/c1-2-3-4(5)6-7;1-5(2,3)4/h4,6-7H,2-3,5H2,1H3;1H3,(H,2,3,4). The van der Waals surface area contributed by atoms with E-state index in [0.717, 1.165) is 12.8 Å². The first-order valence-corrected chi connectivity index (χ1v) is 5.23. The largest absolute Gasteiger partial charge is 0.315 e. The lowest BCUT2D eigenvalue weighted by Crippen LogP contribution is -2.34. The molecule has 0 aromatic rings. The Labute approximate surface area is 72.5 Å². The second-order valence-electron chi connectivity index (χ2n) is 2.26. The first-order valence-electron chi connectivity index (χ1n) is 3.39. The van der Waals surface area contributed by atoms with Crippen molar-refractivity contribution >= 4 is 10.1 Å². The third-order valence-electron chi connectivity index (χ3n) is 0.766. The van der Waals surface area contributed by atoms with Gasteiger partial charge in [0, 0.05) is 0 Å². The Balaban J connectivity index is 0. The quantitative estimate of drug-likeness (QED) is 0.279. The number of nitrogens with two attached hydrogens (primary N) is 1. The van der Waals surface area contributed by atoms with Crippen LogP contribution in [0, 0.1) is 0 Å². The fourth-order valence-electron chi connectivity index (χ4n) is 0.376. The smallest absolute Gasteiger partial charge is 0.261 e. The Kier molecular flexibility index (Phi) is 8.88. The third kappa shape index (κ3) is 33.0. The molecule has 1 unspecified atom stereocenters. The number of nitrogens with one attached hydrogen (secondary N) is 1. The molecule has 6 nitrogen and oxygen atoms in total. The van der Waals surface area contributed by atoms with E-state index in [1.165, 1.54) is 0 Å². The van der Waals surface area contributed by atoms with E-state index >= 15 is 0 Å². The molecule has 0 saturated carbocycles. The van der Waals surface area contributed by atoms with Crippen molar-refractivity contribution in [1.82, 2.24) is 5.48 Å². The van der Waals surface area contributed by atoms with Gasteiger partial charge in [-0.3, -0.25) is 4.55 Å². The Bertz CT molecular complexity index is 172. The molecule has 0 spiro atoms. The van der Waals surface area contributed by atoms with Crippen molar-refractivity contribution in [1.29, 1.82) is 0 Å². The predicted octanol–water partition coefficient (Wildman–Crippen LogP) is -0.446. The van der Waals surface area contributed by atoms with Crippen molar-refractivity contribution in [3.05, 3.63) is 0 Å². The van der Waals surface area contributed by atoms with Gasteiger partial charge in [-0.2, -0.15) is 13.9 Å². The average Bonchev–Trinajstić information content (AvgIpc) is 1.85. The molecule has 0 aromatic carbocycles. The third-order valence-corrected chi connectivity index (χ3v) is 0.766. The highest BCUT2D eigenvalue weighted by Gasteiger charge is 1.92. The molecule has 0 radical (unpaired) electrons. The molecule has 0 saturated heterocycles. The molecular formula is C5H16N2O4S. The van der Waals surface area contributed by atoms with Crippen LogP contribution in [0.4, 0.5) is 0 Å². The molecule has 0 aliphatic heterocycles. The van der Waals surface area contributed by atoms with Crippen LogP contribution in [0.25, 0.3) is 0 Å². The van der Waals surface area contributed by atoms with Crippen molar-refractivity contribution in [3.63, 3.8) is 0 Å². The van der Waals surface area contributed by atoms with E-state index in [2.05, 4.69) is 0 Å². The number of hydrogen-bond donors (Lipinski definition) is 4. The molecule has 0 aliphatic carbocycles. The van der Waals surface area contributed by atoms with E-state index in [1.54, 1.807) is 0 Å². The summed E-state index contributed by atoms with van der Waals surface area (Å²) in [6.07, 6.45) is 2.28. The van der Waals surface area contributed by atoms with Gasteiger partial charge < -0.3 is 10.9 Å². The van der Waals surface area contributed by atoms with Gasteiger partial charge >= 0.3 is 0 Å². The van der Waals surface area contributed by atoms with Gasteiger partial charge in [-0.05, 0) is 6.42 Å². The van der Waals surface area contributed by atoms with Gasteiger partial charge in [0.1, 0.15) is 0 Å². The van der Waals surface area contributed by atoms with Crippen LogP contribution in [-0.4, -0.2) is 30.6 Å². The molecule has 0 aliphatic rings. The molecule has 7 heteroatoms. The summed E-state index contributed by atoms with van der Waals surface area (Å²) < 4.78 is 25.9. The Morgan fingerprint density at radius 3 is 2.00 bits per heavy atom. The average molecular weight is 200 g/mol. The zero-order chi connectivity index (χ0) is 10.2. The molecule has 0 bridgehead atoms. The highest BCUT2D eigenvalue weighted by atomic mass is 32.2. The van der Waals surface area contributed by atoms with E-state index in [0.29, 0.717) is 6.26 Å². The summed E-state index contributed by atoms with van der Waals surface area (Å²) in [5.41, 5.74) is 7.17. The molecule has 0 aromatic heterocycles. The van der Waals surface area contributed by atoms with Crippen LogP contribution in [0.1, 0.15) is 19.8 Å². The van der Waals surface area contributed by atoms with Gasteiger partial charge in [0.2, 0.25) is 0 Å². The number of hydrogen-bond acceptors (Lipinski definition) is 5. The second kappa shape index (κ2) is 7.44. The molecule has 76 valence electrons. The molecule has 0 rings (SSSR count). The van der Waals surface area contributed by atoms with Crippen LogP contribution >= 0.6 is 0 Å². The second-order valence-corrected chi connectivity index (χ2v) is 3.72. The molecule has 5 N–H and O–H groups in total. The van der Waals surface area contributed by atoms with E-state index < -0.39 is 10.1 Å². The van der Waals surface area contributed by atoms with Crippen LogP contribution < -0.4 is 11.2 Å². The summed E-state index contributed by atoms with van der Waals surface area (Å²) in [5.74, 6) is 0. The van der Waals surface area contributed by atoms with E-state index in [1.807, 2.05) is 12.4 Å². The summed E-state index contributed by atoms with van der Waals surface area (Å²) in [7, 11) is -3.67. The number of rotatable bonds is 3. The van der Waals surface area contributed by atoms with Crippen LogP contribution in [0.15, 0.2) is 0 Å². The zero-order valence-electron chi connectivity index (χ0n) is 7.19. The van der Waals surface area contributed by atoms with Crippen molar-refractivity contribution in [2.45, 2.75) is 25.9 Å². The lowest BCUT2D eigenvalue weighted by atomic mass is 10.3. The fraction of sp³-hybridized carbons (Fsp3) is 1.00. The minimum Gasteiger partial charge on any atom is -0.315 e. The van der Waals surface area contributed by atoms with Crippen molar-refractivity contribution < 1.29 is 18.2 Å². The molecule has 1 atom stereocenters. The SMILES string of the molecule is CCCC(N)NO.CS(=O)(=O)O. The van der Waals surface area contributed by atoms with Crippen molar-refractivity contribution in [2.75, 3.05) is 6.26 Å².